The van der Waals surface area contributed by atoms with Gasteiger partial charge in [0.1, 0.15) is 0 Å². The summed E-state index contributed by atoms with van der Waals surface area (Å²) in [6.07, 6.45) is 10.9. The van der Waals surface area contributed by atoms with Crippen LogP contribution in [0.2, 0.25) is 0 Å². The van der Waals surface area contributed by atoms with Crippen LogP contribution in [0, 0.1) is 5.92 Å². The van der Waals surface area contributed by atoms with E-state index in [1.165, 1.54) is 46.6 Å². The zero-order chi connectivity index (χ0) is 25.1. The first kappa shape index (κ1) is 24.8. The predicted octanol–water partition coefficient (Wildman–Crippen LogP) is 6.29. The van der Waals surface area contributed by atoms with Gasteiger partial charge in [0, 0.05) is 54.4 Å². The van der Waals surface area contributed by atoms with Crippen molar-refractivity contribution in [3.05, 3.63) is 60.2 Å². The molecule has 2 aliphatic heterocycles. The van der Waals surface area contributed by atoms with E-state index in [0.717, 1.165) is 39.0 Å². The fourth-order valence-corrected chi connectivity index (χ4v) is 6.14. The highest BCUT2D eigenvalue weighted by Crippen LogP contribution is 2.32. The van der Waals surface area contributed by atoms with Crippen molar-refractivity contribution in [3.63, 3.8) is 0 Å². The summed E-state index contributed by atoms with van der Waals surface area (Å²) in [7, 11) is 0. The lowest BCUT2D eigenvalue weighted by atomic mass is 10.0. The lowest BCUT2D eigenvalue weighted by molar-refractivity contribution is -0.141. The molecule has 0 aliphatic carbocycles. The molecule has 36 heavy (non-hydrogen) atoms. The molecule has 5 nitrogen and oxygen atoms in total. The summed E-state index contributed by atoms with van der Waals surface area (Å²) >= 11 is 0. The van der Waals surface area contributed by atoms with Crippen LogP contribution in [0.3, 0.4) is 0 Å². The van der Waals surface area contributed by atoms with Crippen LogP contribution in [0.4, 0.5) is 0 Å². The largest absolute Gasteiger partial charge is 0.341 e. The predicted molar refractivity (Wildman–Crippen MR) is 147 cm³/mol. The fourth-order valence-electron chi connectivity index (χ4n) is 6.14. The highest BCUT2D eigenvalue weighted by Gasteiger charge is 2.43. The number of fused-ring (bicyclic) bond motifs is 3. The van der Waals surface area contributed by atoms with E-state index in [1.54, 1.807) is 4.90 Å². The summed E-state index contributed by atoms with van der Waals surface area (Å²) in [6.45, 7) is 7.88. The Hall–Kier alpha value is -2.92. The van der Waals surface area contributed by atoms with Gasteiger partial charge in [-0.1, -0.05) is 56.2 Å². The van der Waals surface area contributed by atoms with Gasteiger partial charge in [-0.05, 0) is 56.4 Å². The number of imide groups is 1. The average molecular weight is 486 g/mol. The number of amides is 2. The summed E-state index contributed by atoms with van der Waals surface area (Å²) in [5, 5.41) is 2.60. The number of hydrogen-bond acceptors (Lipinski definition) is 3. The summed E-state index contributed by atoms with van der Waals surface area (Å²) in [6, 6.07) is 15.4. The third-order valence-electron chi connectivity index (χ3n) is 8.01. The van der Waals surface area contributed by atoms with Crippen molar-refractivity contribution in [2.75, 3.05) is 13.1 Å². The molecular weight excluding hydrogens is 446 g/mol. The maximum absolute atomic E-state index is 13.1. The zero-order valence-corrected chi connectivity index (χ0v) is 21.8. The molecule has 0 radical (unpaired) electrons. The fraction of sp³-hybridized carbons (Fsp3) is 0.484. The molecule has 0 spiro atoms. The Morgan fingerprint density at radius 2 is 1.81 bits per heavy atom. The van der Waals surface area contributed by atoms with Crippen molar-refractivity contribution in [2.45, 2.75) is 77.9 Å². The van der Waals surface area contributed by atoms with Crippen LogP contribution in [-0.2, 0) is 22.7 Å². The van der Waals surface area contributed by atoms with E-state index in [1.807, 2.05) is 0 Å². The molecule has 2 saturated heterocycles. The number of aromatic nitrogens is 1. The lowest BCUT2D eigenvalue weighted by Crippen LogP contribution is -2.41. The molecule has 0 bridgehead atoms. The highest BCUT2D eigenvalue weighted by molar-refractivity contribution is 6.08. The van der Waals surface area contributed by atoms with Crippen LogP contribution in [-0.4, -0.2) is 45.3 Å². The van der Waals surface area contributed by atoms with Gasteiger partial charge in [0.2, 0.25) is 11.8 Å². The summed E-state index contributed by atoms with van der Waals surface area (Å²) in [5.74, 6) is -0.115. The van der Waals surface area contributed by atoms with E-state index in [-0.39, 0.29) is 23.8 Å². The topological polar surface area (TPSA) is 45.6 Å². The summed E-state index contributed by atoms with van der Waals surface area (Å²) < 4.78 is 2.38. The second kappa shape index (κ2) is 11.0. The van der Waals surface area contributed by atoms with E-state index in [9.17, 15) is 9.59 Å². The Morgan fingerprint density at radius 1 is 0.972 bits per heavy atom. The third kappa shape index (κ3) is 4.86. The molecule has 2 fully saturated rings. The smallest absolute Gasteiger partial charge is 0.233 e. The minimum absolute atomic E-state index is 0.00858. The first-order chi connectivity index (χ1) is 17.6. The van der Waals surface area contributed by atoms with E-state index >= 15 is 0 Å². The minimum Gasteiger partial charge on any atom is -0.341 e. The quantitative estimate of drug-likeness (QED) is 0.193. The SMILES string of the molecule is CCCCCC=CCC1CC(=O)N(C2CCN(Cc3ccc4c(c3)c3ccccc3n4CC)C2)C1=O. The van der Waals surface area contributed by atoms with Crippen molar-refractivity contribution in [1.82, 2.24) is 14.4 Å². The number of hydrogen-bond donors (Lipinski definition) is 0. The van der Waals surface area contributed by atoms with Crippen molar-refractivity contribution < 1.29 is 9.59 Å². The molecule has 5 rings (SSSR count). The van der Waals surface area contributed by atoms with Gasteiger partial charge in [0.05, 0.1) is 12.0 Å². The molecule has 2 atom stereocenters. The first-order valence-corrected chi connectivity index (χ1v) is 13.8. The molecule has 2 aromatic carbocycles. The second-order valence-electron chi connectivity index (χ2n) is 10.5. The van der Waals surface area contributed by atoms with Crippen LogP contribution in [0.5, 0.6) is 0 Å². The molecule has 0 N–H and O–H groups in total. The Bertz CT molecular complexity index is 1270. The maximum atomic E-state index is 13.1. The molecule has 3 aromatic rings. The normalized spacial score (nSPS) is 21.2. The van der Waals surface area contributed by atoms with E-state index in [4.69, 9.17) is 0 Å². The van der Waals surface area contributed by atoms with Crippen molar-refractivity contribution in [2.24, 2.45) is 5.92 Å². The average Bonchev–Trinajstić information content (AvgIpc) is 3.55. The number of benzene rings is 2. The number of rotatable bonds is 10. The Labute approximate surface area is 214 Å². The van der Waals surface area contributed by atoms with Gasteiger partial charge in [-0.25, -0.2) is 0 Å². The Balaban J connectivity index is 1.22. The molecule has 2 amide bonds. The molecule has 0 saturated carbocycles. The Kier molecular flexibility index (Phi) is 7.56. The highest BCUT2D eigenvalue weighted by atomic mass is 16.2. The van der Waals surface area contributed by atoms with Crippen LogP contribution >= 0.6 is 0 Å². The minimum atomic E-state index is -0.174. The monoisotopic (exact) mass is 485 g/mol. The zero-order valence-electron chi connectivity index (χ0n) is 21.8. The van der Waals surface area contributed by atoms with Crippen LogP contribution in [0.1, 0.15) is 64.4 Å². The molecule has 1 aromatic heterocycles. The van der Waals surface area contributed by atoms with Crippen molar-refractivity contribution >= 4 is 33.6 Å². The van der Waals surface area contributed by atoms with E-state index in [0.29, 0.717) is 12.8 Å². The Morgan fingerprint density at radius 3 is 2.64 bits per heavy atom. The van der Waals surface area contributed by atoms with Crippen LogP contribution < -0.4 is 0 Å². The van der Waals surface area contributed by atoms with E-state index < -0.39 is 0 Å². The number of nitrogens with zero attached hydrogens (tertiary/aromatic N) is 3. The van der Waals surface area contributed by atoms with Gasteiger partial charge in [-0.15, -0.1) is 0 Å². The number of unbranched alkanes of at least 4 members (excludes halogenated alkanes) is 3. The number of allylic oxidation sites excluding steroid dienone is 2. The van der Waals surface area contributed by atoms with Gasteiger partial charge >= 0.3 is 0 Å². The number of carbonyl (C=O) groups excluding carboxylic acids is 2. The number of para-hydroxylation sites is 1. The van der Waals surface area contributed by atoms with Gasteiger partial charge in [-0.3, -0.25) is 19.4 Å². The summed E-state index contributed by atoms with van der Waals surface area (Å²) in [4.78, 5) is 29.9. The van der Waals surface area contributed by atoms with Gasteiger partial charge in [0.15, 0.2) is 0 Å². The molecule has 190 valence electrons. The van der Waals surface area contributed by atoms with Crippen molar-refractivity contribution in [3.8, 4) is 0 Å². The number of likely N-dealkylation sites (tertiary alicyclic amines) is 2. The number of aryl methyl sites for hydroxylation is 1. The van der Waals surface area contributed by atoms with Crippen molar-refractivity contribution in [1.29, 1.82) is 0 Å². The molecule has 2 unspecified atom stereocenters. The standard InChI is InChI=1S/C31H39N3O2/c1-3-5-6-7-8-9-12-24-20-30(35)34(31(24)36)25-17-18-32(22-25)21-23-15-16-29-27(19-23)26-13-10-11-14-28(26)33(29)4-2/h8-11,13-16,19,24-25H,3-7,12,17-18,20-22H2,1-2H3. The van der Waals surface area contributed by atoms with Gasteiger partial charge in [0.25, 0.3) is 0 Å². The molecular formula is C31H39N3O2. The first-order valence-electron chi connectivity index (χ1n) is 13.8. The van der Waals surface area contributed by atoms with E-state index in [2.05, 4.69) is 77.9 Å². The third-order valence-corrected chi connectivity index (χ3v) is 8.01. The van der Waals surface area contributed by atoms with Crippen LogP contribution in [0.15, 0.2) is 54.6 Å². The molecule has 3 heterocycles. The van der Waals surface area contributed by atoms with Gasteiger partial charge < -0.3 is 4.57 Å². The molecule has 2 aliphatic rings. The van der Waals surface area contributed by atoms with Gasteiger partial charge in [-0.2, -0.15) is 0 Å². The van der Waals surface area contributed by atoms with Crippen LogP contribution in [0.25, 0.3) is 21.8 Å². The second-order valence-corrected chi connectivity index (χ2v) is 10.5. The lowest BCUT2D eigenvalue weighted by Gasteiger charge is -2.23. The summed E-state index contributed by atoms with van der Waals surface area (Å²) in [5.41, 5.74) is 3.84. The molecule has 5 heteroatoms. The maximum Gasteiger partial charge on any atom is 0.233 e. The number of carbonyl (C=O) groups is 2.